The second-order valence-corrected chi connectivity index (χ2v) is 8.09. The van der Waals surface area contributed by atoms with Crippen LogP contribution in [0.15, 0.2) is 58.8 Å². The van der Waals surface area contributed by atoms with E-state index < -0.39 is 10.0 Å². The number of benzene rings is 2. The molecule has 0 aliphatic heterocycles. The van der Waals surface area contributed by atoms with Crippen LogP contribution in [0, 0.1) is 0 Å². The topological polar surface area (TPSA) is 97.4 Å². The summed E-state index contributed by atoms with van der Waals surface area (Å²) >= 11 is 1.19. The smallest absolute Gasteiger partial charge is 0.263 e. The van der Waals surface area contributed by atoms with Crippen molar-refractivity contribution in [2.24, 2.45) is 0 Å². The van der Waals surface area contributed by atoms with Crippen LogP contribution in [0.3, 0.4) is 0 Å². The number of sulfonamides is 1. The number of aromatic nitrogens is 1. The highest BCUT2D eigenvalue weighted by molar-refractivity contribution is 7.93. The van der Waals surface area contributed by atoms with Crippen LogP contribution in [0.1, 0.15) is 6.92 Å². The Morgan fingerprint density at radius 1 is 1.15 bits per heavy atom. The number of amides is 1. The number of hydrogen-bond donors (Lipinski definition) is 2. The maximum Gasteiger partial charge on any atom is 0.263 e. The van der Waals surface area contributed by atoms with Gasteiger partial charge < -0.3 is 10.1 Å². The van der Waals surface area contributed by atoms with Crippen molar-refractivity contribution in [3.8, 4) is 17.0 Å². The summed E-state index contributed by atoms with van der Waals surface area (Å²) in [6, 6.07) is 13.7. The summed E-state index contributed by atoms with van der Waals surface area (Å²) in [7, 11) is -2.44. The van der Waals surface area contributed by atoms with E-state index >= 15 is 0 Å². The molecule has 0 unspecified atom stereocenters. The van der Waals surface area contributed by atoms with Crippen LogP contribution in [0.25, 0.3) is 11.3 Å². The van der Waals surface area contributed by atoms with Crippen LogP contribution in [0.4, 0.5) is 10.8 Å². The molecule has 0 spiro atoms. The third kappa shape index (κ3) is 4.44. The summed E-state index contributed by atoms with van der Waals surface area (Å²) in [6.45, 7) is 1.33. The van der Waals surface area contributed by atoms with E-state index in [4.69, 9.17) is 4.74 Å². The standard InChI is InChI=1S/C18H17N3O4S2/c1-12(22)19-15-10-14(8-9-17(15)25-2)27(23,24)21-18-20-16(11-26-18)13-6-4-3-5-7-13/h3-11H,1-2H3,(H,19,22)(H,20,21). The number of nitrogens with one attached hydrogen (secondary N) is 2. The van der Waals surface area contributed by atoms with Crippen LogP contribution in [0.5, 0.6) is 5.75 Å². The van der Waals surface area contributed by atoms with E-state index in [1.54, 1.807) is 5.38 Å². The molecule has 27 heavy (non-hydrogen) atoms. The van der Waals surface area contributed by atoms with Crippen molar-refractivity contribution < 1.29 is 17.9 Å². The quantitative estimate of drug-likeness (QED) is 0.656. The Morgan fingerprint density at radius 3 is 2.56 bits per heavy atom. The van der Waals surface area contributed by atoms with Crippen LogP contribution >= 0.6 is 11.3 Å². The first-order valence-electron chi connectivity index (χ1n) is 7.88. The largest absolute Gasteiger partial charge is 0.495 e. The van der Waals surface area contributed by atoms with Crippen LogP contribution < -0.4 is 14.8 Å². The molecule has 0 radical (unpaired) electrons. The van der Waals surface area contributed by atoms with E-state index in [0.29, 0.717) is 11.4 Å². The van der Waals surface area contributed by atoms with Gasteiger partial charge in [-0.3, -0.25) is 9.52 Å². The molecule has 0 saturated carbocycles. The second kappa shape index (κ2) is 7.77. The van der Waals surface area contributed by atoms with Gasteiger partial charge in [0.1, 0.15) is 5.75 Å². The average Bonchev–Trinajstić information content (AvgIpc) is 3.09. The third-order valence-electron chi connectivity index (χ3n) is 3.59. The van der Waals surface area contributed by atoms with E-state index in [2.05, 4.69) is 15.0 Å². The van der Waals surface area contributed by atoms with E-state index in [9.17, 15) is 13.2 Å². The molecule has 3 rings (SSSR count). The molecule has 0 atom stereocenters. The van der Waals surface area contributed by atoms with Crippen molar-refractivity contribution in [3.63, 3.8) is 0 Å². The van der Waals surface area contributed by atoms with Crippen molar-refractivity contribution >= 4 is 38.1 Å². The Balaban J connectivity index is 1.87. The fourth-order valence-electron chi connectivity index (χ4n) is 2.38. The third-order valence-corrected chi connectivity index (χ3v) is 5.81. The first kappa shape index (κ1) is 18.9. The number of carbonyl (C=O) groups is 1. The van der Waals surface area contributed by atoms with Crippen molar-refractivity contribution in [2.45, 2.75) is 11.8 Å². The van der Waals surface area contributed by atoms with Gasteiger partial charge in [-0.1, -0.05) is 30.3 Å². The number of ether oxygens (including phenoxy) is 1. The molecule has 1 heterocycles. The minimum Gasteiger partial charge on any atom is -0.495 e. The van der Waals surface area contributed by atoms with Gasteiger partial charge in [-0.2, -0.15) is 0 Å². The van der Waals surface area contributed by atoms with Crippen molar-refractivity contribution in [3.05, 3.63) is 53.9 Å². The summed E-state index contributed by atoms with van der Waals surface area (Å²) in [6.07, 6.45) is 0. The number of carbonyl (C=O) groups excluding carboxylic acids is 1. The van der Waals surface area contributed by atoms with Crippen molar-refractivity contribution in [1.82, 2.24) is 4.98 Å². The van der Waals surface area contributed by atoms with Gasteiger partial charge in [0.2, 0.25) is 5.91 Å². The Hall–Kier alpha value is -2.91. The molecule has 140 valence electrons. The lowest BCUT2D eigenvalue weighted by molar-refractivity contribution is -0.114. The molecule has 3 aromatic rings. The summed E-state index contributed by atoms with van der Waals surface area (Å²) < 4.78 is 33.0. The minimum absolute atomic E-state index is 0.0106. The summed E-state index contributed by atoms with van der Waals surface area (Å²) in [5.74, 6) is 0.0352. The molecule has 0 bridgehead atoms. The van der Waals surface area contributed by atoms with Crippen molar-refractivity contribution in [2.75, 3.05) is 17.1 Å². The lowest BCUT2D eigenvalue weighted by atomic mass is 10.2. The number of rotatable bonds is 6. The molecule has 1 aromatic heterocycles. The Bertz CT molecular complexity index is 1060. The Kier molecular flexibility index (Phi) is 5.43. The van der Waals surface area contributed by atoms with Crippen LogP contribution in [-0.2, 0) is 14.8 Å². The van der Waals surface area contributed by atoms with E-state index in [1.807, 2.05) is 30.3 Å². The maximum atomic E-state index is 12.7. The van der Waals surface area contributed by atoms with E-state index in [-0.39, 0.29) is 21.6 Å². The molecular weight excluding hydrogens is 386 g/mol. The number of hydrogen-bond acceptors (Lipinski definition) is 6. The van der Waals surface area contributed by atoms with Gasteiger partial charge in [0.05, 0.1) is 23.4 Å². The van der Waals surface area contributed by atoms with Gasteiger partial charge in [0.15, 0.2) is 5.13 Å². The molecule has 0 aliphatic carbocycles. The molecular formula is C18H17N3O4S2. The molecule has 7 nitrogen and oxygen atoms in total. The minimum atomic E-state index is -3.87. The molecule has 1 amide bonds. The highest BCUT2D eigenvalue weighted by Crippen LogP contribution is 2.30. The lowest BCUT2D eigenvalue weighted by Gasteiger charge is -2.11. The first-order chi connectivity index (χ1) is 12.9. The summed E-state index contributed by atoms with van der Waals surface area (Å²) in [5.41, 5.74) is 1.86. The number of thiazole rings is 1. The Labute approximate surface area is 161 Å². The fraction of sp³-hybridized carbons (Fsp3) is 0.111. The lowest BCUT2D eigenvalue weighted by Crippen LogP contribution is -2.14. The van der Waals surface area contributed by atoms with Gasteiger partial charge in [-0.25, -0.2) is 13.4 Å². The zero-order valence-electron chi connectivity index (χ0n) is 14.6. The SMILES string of the molecule is COc1ccc(S(=O)(=O)Nc2nc(-c3ccccc3)cs2)cc1NC(C)=O. The first-order valence-corrected chi connectivity index (χ1v) is 10.2. The Morgan fingerprint density at radius 2 is 1.89 bits per heavy atom. The number of anilines is 2. The van der Waals surface area contributed by atoms with Gasteiger partial charge >= 0.3 is 0 Å². The maximum absolute atomic E-state index is 12.7. The van der Waals surface area contributed by atoms with E-state index in [0.717, 1.165) is 5.56 Å². The summed E-state index contributed by atoms with van der Waals surface area (Å²) in [4.78, 5) is 15.6. The molecule has 2 aromatic carbocycles. The molecule has 9 heteroatoms. The molecule has 0 fully saturated rings. The normalized spacial score (nSPS) is 11.0. The van der Waals surface area contributed by atoms with Crippen LogP contribution in [-0.4, -0.2) is 26.4 Å². The van der Waals surface area contributed by atoms with E-state index in [1.165, 1.54) is 43.6 Å². The number of methoxy groups -OCH3 is 1. The molecule has 0 saturated heterocycles. The zero-order chi connectivity index (χ0) is 19.4. The van der Waals surface area contributed by atoms with Gasteiger partial charge in [-0.05, 0) is 18.2 Å². The number of nitrogens with zero attached hydrogens (tertiary/aromatic N) is 1. The fourth-order valence-corrected chi connectivity index (χ4v) is 4.38. The highest BCUT2D eigenvalue weighted by atomic mass is 32.2. The van der Waals surface area contributed by atoms with Gasteiger partial charge in [-0.15, -0.1) is 11.3 Å². The average molecular weight is 403 g/mol. The van der Waals surface area contributed by atoms with Gasteiger partial charge in [0.25, 0.3) is 10.0 Å². The molecule has 0 aliphatic rings. The second-order valence-electron chi connectivity index (χ2n) is 5.55. The van der Waals surface area contributed by atoms with Crippen LogP contribution in [0.2, 0.25) is 0 Å². The van der Waals surface area contributed by atoms with Gasteiger partial charge in [0, 0.05) is 17.9 Å². The predicted octanol–water partition coefficient (Wildman–Crippen LogP) is 3.58. The monoisotopic (exact) mass is 403 g/mol. The van der Waals surface area contributed by atoms with Crippen molar-refractivity contribution in [1.29, 1.82) is 0 Å². The summed E-state index contributed by atoms with van der Waals surface area (Å²) in [5, 5.41) is 4.59. The highest BCUT2D eigenvalue weighted by Gasteiger charge is 2.19. The predicted molar refractivity (Wildman–Crippen MR) is 106 cm³/mol. The zero-order valence-corrected chi connectivity index (χ0v) is 16.2. The molecule has 2 N–H and O–H groups in total.